The molecule has 0 aromatic rings. The van der Waals surface area contributed by atoms with Gasteiger partial charge in [0.1, 0.15) is 0 Å². The van der Waals surface area contributed by atoms with Gasteiger partial charge >= 0.3 is 5.97 Å². The van der Waals surface area contributed by atoms with Crippen LogP contribution in [0, 0.1) is 40.4 Å². The van der Waals surface area contributed by atoms with Crippen LogP contribution in [0.3, 0.4) is 0 Å². The first-order chi connectivity index (χ1) is 12.9. The van der Waals surface area contributed by atoms with Crippen LogP contribution in [0.2, 0.25) is 0 Å². The molecule has 1 N–H and O–H groups in total. The minimum absolute atomic E-state index is 0.00300. The molecule has 0 amide bonds. The molecule has 1 saturated heterocycles. The van der Waals surface area contributed by atoms with E-state index in [1.54, 1.807) is 0 Å². The predicted molar refractivity (Wildman–Crippen MR) is 98.6 cm³/mol. The van der Waals surface area contributed by atoms with Gasteiger partial charge in [-0.05, 0) is 54.9 Å². The lowest BCUT2D eigenvalue weighted by Crippen LogP contribution is -2.72. The number of unbranched alkanes of at least 4 members (excludes halogenated alkanes) is 1. The summed E-state index contributed by atoms with van der Waals surface area (Å²) in [6.07, 6.45) is 4.31. The molecule has 5 heteroatoms. The number of Topliss-reactive ketones (excluding diaryl/α,β-unsaturated/α-hetero) is 2. The van der Waals surface area contributed by atoms with Crippen molar-refractivity contribution in [2.45, 2.75) is 52.4 Å². The predicted octanol–water partition coefficient (Wildman–Crippen LogP) is 2.70. The van der Waals surface area contributed by atoms with Gasteiger partial charge in [-0.25, -0.2) is 0 Å². The highest BCUT2D eigenvalue weighted by atomic mass is 16.5. The Bertz CT molecular complexity index is 711. The molecule has 5 nitrogen and oxygen atoms in total. The van der Waals surface area contributed by atoms with Crippen LogP contribution in [0.5, 0.6) is 0 Å². The molecule has 27 heavy (non-hydrogen) atoms. The summed E-state index contributed by atoms with van der Waals surface area (Å²) in [7, 11) is 0. The van der Waals surface area contributed by atoms with Crippen LogP contribution in [-0.4, -0.2) is 35.9 Å². The summed E-state index contributed by atoms with van der Waals surface area (Å²) >= 11 is 0. The number of ketones is 2. The summed E-state index contributed by atoms with van der Waals surface area (Å²) in [6, 6.07) is 0. The molecule has 1 spiro atoms. The Hall–Kier alpha value is -1.49. The number of aliphatic hydroxyl groups excluding tert-OH is 1. The second-order valence-corrected chi connectivity index (χ2v) is 9.25. The highest BCUT2D eigenvalue weighted by Gasteiger charge is 2.75. The molecule has 0 radical (unpaired) electrons. The van der Waals surface area contributed by atoms with Gasteiger partial charge in [0.15, 0.2) is 11.6 Å². The van der Waals surface area contributed by atoms with E-state index in [0.29, 0.717) is 24.8 Å². The van der Waals surface area contributed by atoms with E-state index >= 15 is 0 Å². The zero-order valence-corrected chi connectivity index (χ0v) is 16.3. The molecule has 2 bridgehead atoms. The van der Waals surface area contributed by atoms with Crippen LogP contribution >= 0.6 is 0 Å². The number of carbonyl (C=O) groups is 3. The van der Waals surface area contributed by atoms with Gasteiger partial charge < -0.3 is 9.84 Å². The van der Waals surface area contributed by atoms with Gasteiger partial charge in [-0.2, -0.15) is 0 Å². The first-order valence-corrected chi connectivity index (χ1v) is 10.4. The Morgan fingerprint density at radius 3 is 2.70 bits per heavy atom. The molecule has 148 valence electrons. The van der Waals surface area contributed by atoms with E-state index in [4.69, 9.17) is 4.74 Å². The molecular weight excluding hydrogens is 344 g/mol. The molecule has 4 aliphatic carbocycles. The third kappa shape index (κ3) is 2.12. The lowest BCUT2D eigenvalue weighted by atomic mass is 9.36. The minimum atomic E-state index is -1.18. The van der Waals surface area contributed by atoms with E-state index in [1.165, 1.54) is 0 Å². The standard InChI is InChI=1S/C22H30O5/c1-4-5-7-21-16-9-14-6-8-22(16,18(24)13(14)3)19(25)15(10-23)17(21)12(2)11-27-20(21)26/h12,14-17,23H,3-11H2,1-2H3/t12-,14+,15+,16?,17?,21?,22+/m1/s1. The largest absolute Gasteiger partial charge is 0.465 e. The quantitative estimate of drug-likeness (QED) is 0.465. The van der Waals surface area contributed by atoms with E-state index in [0.717, 1.165) is 19.3 Å². The second kappa shape index (κ2) is 6.26. The minimum Gasteiger partial charge on any atom is -0.465 e. The topological polar surface area (TPSA) is 80.7 Å². The van der Waals surface area contributed by atoms with Gasteiger partial charge in [-0.15, -0.1) is 0 Å². The monoisotopic (exact) mass is 374 g/mol. The average molecular weight is 374 g/mol. The SMILES string of the molecule is C=C1C(=O)[C@]23CC[C@H]1CC2C1(CCCC)C(=O)OC[C@@H](C)C1[C@H](CO)C3=O. The summed E-state index contributed by atoms with van der Waals surface area (Å²) in [5.74, 6) is -1.74. The van der Waals surface area contributed by atoms with E-state index in [1.807, 2.05) is 6.92 Å². The number of rotatable bonds is 4. The molecule has 5 rings (SSSR count). The third-order valence-electron chi connectivity index (χ3n) is 8.23. The molecule has 5 aliphatic rings. The van der Waals surface area contributed by atoms with Gasteiger partial charge in [0.05, 0.1) is 24.0 Å². The van der Waals surface area contributed by atoms with Crippen molar-refractivity contribution >= 4 is 17.5 Å². The van der Waals surface area contributed by atoms with Crippen molar-refractivity contribution in [1.82, 2.24) is 0 Å². The second-order valence-electron chi connectivity index (χ2n) is 9.25. The molecule has 1 aliphatic heterocycles. The summed E-state index contributed by atoms with van der Waals surface area (Å²) in [6.45, 7) is 8.05. The Balaban J connectivity index is 1.95. The summed E-state index contributed by atoms with van der Waals surface area (Å²) in [5, 5.41) is 10.2. The fourth-order valence-electron chi connectivity index (χ4n) is 7.12. The maximum absolute atomic E-state index is 13.7. The van der Waals surface area contributed by atoms with Crippen LogP contribution in [0.25, 0.3) is 0 Å². The fourth-order valence-corrected chi connectivity index (χ4v) is 7.12. The van der Waals surface area contributed by atoms with Crippen LogP contribution in [-0.2, 0) is 19.1 Å². The summed E-state index contributed by atoms with van der Waals surface area (Å²) in [5.41, 5.74) is -1.48. The highest BCUT2D eigenvalue weighted by molar-refractivity contribution is 6.17. The van der Waals surface area contributed by atoms with E-state index in [-0.39, 0.29) is 54.4 Å². The number of hydrogen-bond donors (Lipinski definition) is 1. The molecule has 0 aromatic heterocycles. The lowest BCUT2D eigenvalue weighted by Gasteiger charge is -2.65. The van der Waals surface area contributed by atoms with Crippen LogP contribution in [0.4, 0.5) is 0 Å². The number of esters is 1. The zero-order valence-electron chi connectivity index (χ0n) is 16.3. The maximum atomic E-state index is 13.7. The van der Waals surface area contributed by atoms with Gasteiger partial charge in [0.25, 0.3) is 0 Å². The normalized spacial score (nSPS) is 46.1. The zero-order chi connectivity index (χ0) is 19.6. The number of fused-ring (bicyclic) bond motifs is 3. The smallest absolute Gasteiger partial charge is 0.312 e. The van der Waals surface area contributed by atoms with Gasteiger partial charge in [-0.1, -0.05) is 33.3 Å². The summed E-state index contributed by atoms with van der Waals surface area (Å²) < 4.78 is 5.64. The number of ether oxygens (including phenoxy) is 1. The molecule has 3 unspecified atom stereocenters. The number of hydrogen-bond acceptors (Lipinski definition) is 5. The van der Waals surface area contributed by atoms with Crippen molar-refractivity contribution < 1.29 is 24.2 Å². The average Bonchev–Trinajstić information content (AvgIpc) is 2.67. The molecule has 0 aromatic carbocycles. The van der Waals surface area contributed by atoms with Crippen molar-refractivity contribution in [3.8, 4) is 0 Å². The van der Waals surface area contributed by atoms with Gasteiger partial charge in [-0.3, -0.25) is 14.4 Å². The van der Waals surface area contributed by atoms with Crippen molar-refractivity contribution in [2.24, 2.45) is 40.4 Å². The van der Waals surface area contributed by atoms with Gasteiger partial charge in [0, 0.05) is 5.92 Å². The van der Waals surface area contributed by atoms with Crippen LogP contribution < -0.4 is 0 Å². The molecule has 4 saturated carbocycles. The molecular formula is C22H30O5. The first kappa shape index (κ1) is 18.9. The number of carbonyl (C=O) groups excluding carboxylic acids is 3. The Labute approximate surface area is 160 Å². The third-order valence-corrected chi connectivity index (χ3v) is 8.23. The first-order valence-electron chi connectivity index (χ1n) is 10.4. The van der Waals surface area contributed by atoms with Crippen LogP contribution in [0.1, 0.15) is 52.4 Å². The highest BCUT2D eigenvalue weighted by Crippen LogP contribution is 2.69. The maximum Gasteiger partial charge on any atom is 0.312 e. The van der Waals surface area contributed by atoms with Crippen LogP contribution in [0.15, 0.2) is 12.2 Å². The lowest BCUT2D eigenvalue weighted by molar-refractivity contribution is -0.218. The molecule has 5 fully saturated rings. The Morgan fingerprint density at radius 2 is 2.04 bits per heavy atom. The van der Waals surface area contributed by atoms with E-state index in [9.17, 15) is 19.5 Å². The number of cyclic esters (lactones) is 1. The van der Waals surface area contributed by atoms with E-state index < -0.39 is 16.7 Å². The fraction of sp³-hybridized carbons (Fsp3) is 0.773. The Morgan fingerprint density at radius 1 is 1.30 bits per heavy atom. The molecule has 7 atom stereocenters. The van der Waals surface area contributed by atoms with Gasteiger partial charge in [0.2, 0.25) is 0 Å². The van der Waals surface area contributed by atoms with Crippen molar-refractivity contribution in [1.29, 1.82) is 0 Å². The van der Waals surface area contributed by atoms with Crippen molar-refractivity contribution in [3.63, 3.8) is 0 Å². The number of allylic oxidation sites excluding steroid dienone is 1. The number of aliphatic hydroxyl groups is 1. The van der Waals surface area contributed by atoms with Crippen molar-refractivity contribution in [2.75, 3.05) is 13.2 Å². The molecule has 1 heterocycles. The Kier molecular flexibility index (Phi) is 4.37. The summed E-state index contributed by atoms with van der Waals surface area (Å²) in [4.78, 5) is 40.4. The van der Waals surface area contributed by atoms with Crippen molar-refractivity contribution in [3.05, 3.63) is 12.2 Å². The van der Waals surface area contributed by atoms with E-state index in [2.05, 4.69) is 13.5 Å².